The third kappa shape index (κ3) is 4.05. The monoisotopic (exact) mass is 261 g/mol. The number of aromatic nitrogens is 2. The third-order valence-corrected chi connectivity index (χ3v) is 3.24. The summed E-state index contributed by atoms with van der Waals surface area (Å²) >= 11 is 0. The van der Waals surface area contributed by atoms with Gasteiger partial charge in [-0.2, -0.15) is 0 Å². The van der Waals surface area contributed by atoms with Crippen LogP contribution in [0.3, 0.4) is 0 Å². The molecule has 1 aromatic heterocycles. The maximum atomic E-state index is 12.1. The number of carbonyl (C=O) groups is 1. The van der Waals surface area contributed by atoms with Gasteiger partial charge in [-0.15, -0.1) is 0 Å². The van der Waals surface area contributed by atoms with Gasteiger partial charge in [0.05, 0.1) is 19.5 Å². The summed E-state index contributed by atoms with van der Waals surface area (Å²) in [6, 6.07) is 0. The Bertz CT molecular complexity index is 443. The van der Waals surface area contributed by atoms with Gasteiger partial charge in [0.25, 0.3) is 0 Å². The zero-order chi connectivity index (χ0) is 13.5. The lowest BCUT2D eigenvalue weighted by Gasteiger charge is -2.16. The van der Waals surface area contributed by atoms with Gasteiger partial charge in [0.1, 0.15) is 0 Å². The number of amides is 1. The second-order valence-corrected chi connectivity index (χ2v) is 4.61. The fourth-order valence-electron chi connectivity index (χ4n) is 2.12. The van der Waals surface area contributed by atoms with Crippen molar-refractivity contribution >= 4 is 11.9 Å². The SMILES string of the molecule is COc1cnc(NC(=O)C2CC/C=C\CCC2)nc1. The molecule has 102 valence electrons. The van der Waals surface area contributed by atoms with Crippen molar-refractivity contribution in [1.82, 2.24) is 9.97 Å². The van der Waals surface area contributed by atoms with Gasteiger partial charge in [0.15, 0.2) is 5.75 Å². The van der Waals surface area contributed by atoms with Gasteiger partial charge >= 0.3 is 0 Å². The molecule has 0 saturated carbocycles. The fraction of sp³-hybridized carbons (Fsp3) is 0.500. The topological polar surface area (TPSA) is 64.1 Å². The van der Waals surface area contributed by atoms with Crippen LogP contribution in [0.25, 0.3) is 0 Å². The number of nitrogens with one attached hydrogen (secondary N) is 1. The average Bonchev–Trinajstić information content (AvgIpc) is 2.39. The van der Waals surface area contributed by atoms with Gasteiger partial charge in [0.2, 0.25) is 11.9 Å². The Morgan fingerprint density at radius 2 is 2.00 bits per heavy atom. The number of carbonyl (C=O) groups excluding carboxylic acids is 1. The van der Waals surface area contributed by atoms with Crippen molar-refractivity contribution < 1.29 is 9.53 Å². The molecule has 0 aromatic carbocycles. The minimum absolute atomic E-state index is 0.0143. The van der Waals surface area contributed by atoms with Crippen LogP contribution in [0.2, 0.25) is 0 Å². The molecule has 0 spiro atoms. The highest BCUT2D eigenvalue weighted by molar-refractivity contribution is 5.90. The molecule has 0 saturated heterocycles. The third-order valence-electron chi connectivity index (χ3n) is 3.24. The molecule has 0 fully saturated rings. The molecule has 1 aliphatic carbocycles. The van der Waals surface area contributed by atoms with Crippen LogP contribution in [-0.4, -0.2) is 23.0 Å². The Morgan fingerprint density at radius 1 is 1.26 bits per heavy atom. The molecule has 0 aliphatic heterocycles. The molecule has 0 bridgehead atoms. The summed E-state index contributed by atoms with van der Waals surface area (Å²) < 4.78 is 4.98. The van der Waals surface area contributed by atoms with E-state index in [-0.39, 0.29) is 11.8 Å². The first-order valence-corrected chi connectivity index (χ1v) is 6.61. The summed E-state index contributed by atoms with van der Waals surface area (Å²) in [5, 5.41) is 2.77. The van der Waals surface area contributed by atoms with E-state index in [4.69, 9.17) is 4.74 Å². The Kier molecular flexibility index (Phi) is 4.89. The summed E-state index contributed by atoms with van der Waals surface area (Å²) in [6.45, 7) is 0. The number of ether oxygens (including phenoxy) is 1. The first-order chi connectivity index (χ1) is 9.29. The summed E-state index contributed by atoms with van der Waals surface area (Å²) in [5.41, 5.74) is 0. The van der Waals surface area contributed by atoms with Gasteiger partial charge in [-0.3, -0.25) is 10.1 Å². The van der Waals surface area contributed by atoms with Gasteiger partial charge in [-0.1, -0.05) is 12.2 Å². The number of methoxy groups -OCH3 is 1. The zero-order valence-corrected chi connectivity index (χ0v) is 11.1. The Labute approximate surface area is 113 Å². The molecule has 5 nitrogen and oxygen atoms in total. The van der Waals surface area contributed by atoms with Crippen molar-refractivity contribution in [3.05, 3.63) is 24.5 Å². The van der Waals surface area contributed by atoms with E-state index in [1.807, 2.05) is 0 Å². The van der Waals surface area contributed by atoms with E-state index in [1.165, 1.54) is 0 Å². The van der Waals surface area contributed by atoms with Crippen molar-refractivity contribution in [3.63, 3.8) is 0 Å². The Hall–Kier alpha value is -1.91. The lowest BCUT2D eigenvalue weighted by Crippen LogP contribution is -2.24. The number of rotatable bonds is 3. The standard InChI is InChI=1S/C14H19N3O2/c1-19-12-9-15-14(16-10-12)17-13(18)11-7-5-3-2-4-6-8-11/h2-3,9-11H,4-8H2,1H3,(H,15,16,17,18)/b3-2-. The van der Waals surface area contributed by atoms with Crippen LogP contribution in [0.1, 0.15) is 32.1 Å². The summed E-state index contributed by atoms with van der Waals surface area (Å²) in [6.07, 6.45) is 12.3. The van der Waals surface area contributed by atoms with E-state index in [9.17, 15) is 4.79 Å². The van der Waals surface area contributed by atoms with E-state index < -0.39 is 0 Å². The molecular formula is C14H19N3O2. The van der Waals surface area contributed by atoms with Crippen molar-refractivity contribution in [1.29, 1.82) is 0 Å². The van der Waals surface area contributed by atoms with E-state index >= 15 is 0 Å². The predicted octanol–water partition coefficient (Wildman–Crippen LogP) is 2.56. The molecule has 0 radical (unpaired) electrons. The average molecular weight is 261 g/mol. The van der Waals surface area contributed by atoms with Gasteiger partial charge in [-0.25, -0.2) is 9.97 Å². The highest BCUT2D eigenvalue weighted by Crippen LogP contribution is 2.20. The van der Waals surface area contributed by atoms with Gasteiger partial charge < -0.3 is 4.74 Å². The lowest BCUT2D eigenvalue weighted by atomic mass is 9.93. The zero-order valence-electron chi connectivity index (χ0n) is 11.1. The van der Waals surface area contributed by atoms with E-state index in [0.29, 0.717) is 11.7 Å². The highest BCUT2D eigenvalue weighted by atomic mass is 16.5. The quantitative estimate of drug-likeness (QED) is 0.849. The maximum absolute atomic E-state index is 12.1. The summed E-state index contributed by atoms with van der Waals surface area (Å²) in [4.78, 5) is 20.2. The first-order valence-electron chi connectivity index (χ1n) is 6.61. The molecule has 1 amide bonds. The Morgan fingerprint density at radius 3 is 2.74 bits per heavy atom. The fourth-order valence-corrected chi connectivity index (χ4v) is 2.12. The molecule has 1 N–H and O–H groups in total. The van der Waals surface area contributed by atoms with Crippen LogP contribution in [-0.2, 0) is 4.79 Å². The molecule has 2 rings (SSSR count). The van der Waals surface area contributed by atoms with Crippen LogP contribution < -0.4 is 10.1 Å². The number of allylic oxidation sites excluding steroid dienone is 2. The normalized spacial score (nSPS) is 21.0. The lowest BCUT2D eigenvalue weighted by molar-refractivity contribution is -0.120. The summed E-state index contributed by atoms with van der Waals surface area (Å²) in [7, 11) is 1.55. The van der Waals surface area contributed by atoms with Crippen molar-refractivity contribution in [3.8, 4) is 5.75 Å². The molecular weight excluding hydrogens is 242 g/mol. The van der Waals surface area contributed by atoms with E-state index in [0.717, 1.165) is 32.1 Å². The smallest absolute Gasteiger partial charge is 0.229 e. The largest absolute Gasteiger partial charge is 0.494 e. The minimum Gasteiger partial charge on any atom is -0.494 e. The Balaban J connectivity index is 1.93. The van der Waals surface area contributed by atoms with Crippen LogP contribution in [0.4, 0.5) is 5.95 Å². The minimum atomic E-state index is 0.0143. The van der Waals surface area contributed by atoms with Crippen molar-refractivity contribution in [2.75, 3.05) is 12.4 Å². The second-order valence-electron chi connectivity index (χ2n) is 4.61. The van der Waals surface area contributed by atoms with Crippen LogP contribution >= 0.6 is 0 Å². The number of hydrogen-bond donors (Lipinski definition) is 1. The molecule has 1 atom stereocenters. The first kappa shape index (κ1) is 13.5. The second kappa shape index (κ2) is 6.87. The molecule has 5 heteroatoms. The maximum Gasteiger partial charge on any atom is 0.229 e. The van der Waals surface area contributed by atoms with Crippen molar-refractivity contribution in [2.45, 2.75) is 32.1 Å². The van der Waals surface area contributed by atoms with Crippen LogP contribution in [0.15, 0.2) is 24.5 Å². The number of anilines is 1. The molecule has 1 aromatic rings. The van der Waals surface area contributed by atoms with E-state index in [2.05, 4.69) is 27.4 Å². The predicted molar refractivity (Wildman–Crippen MR) is 72.9 cm³/mol. The van der Waals surface area contributed by atoms with Crippen LogP contribution in [0.5, 0.6) is 5.75 Å². The molecule has 1 aliphatic rings. The van der Waals surface area contributed by atoms with Gasteiger partial charge in [0, 0.05) is 5.92 Å². The van der Waals surface area contributed by atoms with Crippen molar-refractivity contribution in [2.24, 2.45) is 5.92 Å². The van der Waals surface area contributed by atoms with Gasteiger partial charge in [-0.05, 0) is 32.1 Å². The highest BCUT2D eigenvalue weighted by Gasteiger charge is 2.19. The molecule has 1 unspecified atom stereocenters. The molecule has 1 heterocycles. The number of nitrogens with zero attached hydrogens (tertiary/aromatic N) is 2. The number of hydrogen-bond acceptors (Lipinski definition) is 4. The molecule has 19 heavy (non-hydrogen) atoms. The summed E-state index contributed by atoms with van der Waals surface area (Å²) in [5.74, 6) is 0.980. The van der Waals surface area contributed by atoms with E-state index in [1.54, 1.807) is 19.5 Å². The van der Waals surface area contributed by atoms with Crippen LogP contribution in [0, 0.1) is 5.92 Å².